The largest absolute Gasteiger partial charge is 0.373 e. The predicted octanol–water partition coefficient (Wildman–Crippen LogP) is 2.49. The molecule has 1 heterocycles. The molecule has 0 aromatic heterocycles. The lowest BCUT2D eigenvalue weighted by Gasteiger charge is -2.19. The van der Waals surface area contributed by atoms with Crippen molar-refractivity contribution in [1.29, 1.82) is 0 Å². The number of nitrogens with one attached hydrogen (secondary N) is 2. The van der Waals surface area contributed by atoms with E-state index in [2.05, 4.69) is 16.6 Å². The van der Waals surface area contributed by atoms with Gasteiger partial charge in [-0.05, 0) is 39.0 Å². The maximum Gasteiger partial charge on any atom is 0.261 e. The molecule has 6 nitrogen and oxygen atoms in total. The molecule has 26 heavy (non-hydrogen) atoms. The predicted molar refractivity (Wildman–Crippen MR) is 102 cm³/mol. The van der Waals surface area contributed by atoms with Crippen LogP contribution in [-0.4, -0.2) is 30.3 Å². The van der Waals surface area contributed by atoms with E-state index in [0.717, 1.165) is 10.5 Å². The number of rotatable bonds is 5. The van der Waals surface area contributed by atoms with Crippen LogP contribution in [0.1, 0.15) is 27.2 Å². The van der Waals surface area contributed by atoms with Crippen molar-refractivity contribution in [2.45, 2.75) is 33.2 Å². The summed E-state index contributed by atoms with van der Waals surface area (Å²) >= 11 is 6.18. The molecular weight excluding hydrogens is 354 g/mol. The molecule has 1 saturated heterocycles. The zero-order chi connectivity index (χ0) is 19.4. The van der Waals surface area contributed by atoms with Gasteiger partial charge in [-0.2, -0.15) is 0 Å². The maximum absolute atomic E-state index is 12.5. The topological polar surface area (TPSA) is 78.5 Å². The number of hydrogen-bond acceptors (Lipinski definition) is 4. The van der Waals surface area contributed by atoms with E-state index in [1.807, 2.05) is 0 Å². The summed E-state index contributed by atoms with van der Waals surface area (Å²) in [6.07, 6.45) is 5.20. The number of carbonyl (C=O) groups excluding carboxylic acids is 3. The highest BCUT2D eigenvalue weighted by Crippen LogP contribution is 2.33. The zero-order valence-corrected chi connectivity index (χ0v) is 15.6. The Labute approximate surface area is 157 Å². The van der Waals surface area contributed by atoms with E-state index in [-0.39, 0.29) is 30.7 Å². The van der Waals surface area contributed by atoms with E-state index >= 15 is 0 Å². The summed E-state index contributed by atoms with van der Waals surface area (Å²) in [6, 6.07) is 4.15. The van der Waals surface area contributed by atoms with Crippen molar-refractivity contribution in [2.24, 2.45) is 0 Å². The van der Waals surface area contributed by atoms with Crippen LogP contribution in [0.2, 0.25) is 5.02 Å². The number of imide groups is 1. The Bertz CT molecular complexity index is 835. The minimum absolute atomic E-state index is 0.0808. The minimum atomic E-state index is -0.602. The second-order valence-corrected chi connectivity index (χ2v) is 6.55. The minimum Gasteiger partial charge on any atom is -0.373 e. The van der Waals surface area contributed by atoms with Crippen LogP contribution in [0.3, 0.4) is 0 Å². The zero-order valence-electron chi connectivity index (χ0n) is 14.9. The molecule has 0 radical (unpaired) electrons. The van der Waals surface area contributed by atoms with Crippen molar-refractivity contribution in [1.82, 2.24) is 5.32 Å². The van der Waals surface area contributed by atoms with Crippen molar-refractivity contribution >= 4 is 40.7 Å². The van der Waals surface area contributed by atoms with Crippen LogP contribution in [0, 0.1) is 12.3 Å². The van der Waals surface area contributed by atoms with Crippen molar-refractivity contribution in [2.75, 3.05) is 16.8 Å². The molecule has 0 bridgehead atoms. The van der Waals surface area contributed by atoms with Crippen LogP contribution < -0.4 is 15.5 Å². The van der Waals surface area contributed by atoms with Gasteiger partial charge < -0.3 is 10.6 Å². The highest BCUT2D eigenvalue weighted by atomic mass is 35.5. The molecular formula is C19H20ClN3O3. The average molecular weight is 374 g/mol. The second kappa shape index (κ2) is 8.07. The highest BCUT2D eigenvalue weighted by molar-refractivity contribution is 6.34. The first kappa shape index (κ1) is 19.5. The molecule has 3 amide bonds. The first-order valence-electron chi connectivity index (χ1n) is 8.07. The number of nitrogens with zero attached hydrogens (tertiary/aromatic N) is 1. The van der Waals surface area contributed by atoms with Gasteiger partial charge in [-0.15, -0.1) is 6.42 Å². The lowest BCUT2D eigenvalue weighted by Crippen LogP contribution is -2.37. The first-order valence-corrected chi connectivity index (χ1v) is 8.45. The Morgan fingerprint density at radius 3 is 2.65 bits per heavy atom. The summed E-state index contributed by atoms with van der Waals surface area (Å²) in [7, 11) is 0. The van der Waals surface area contributed by atoms with E-state index in [1.54, 1.807) is 39.0 Å². The average Bonchev–Trinajstić information content (AvgIpc) is 2.89. The van der Waals surface area contributed by atoms with Crippen molar-refractivity contribution in [3.05, 3.63) is 34.4 Å². The molecule has 1 aromatic carbocycles. The van der Waals surface area contributed by atoms with Crippen LogP contribution in [0.4, 0.5) is 11.4 Å². The molecule has 0 saturated carbocycles. The van der Waals surface area contributed by atoms with Gasteiger partial charge in [-0.25, -0.2) is 4.90 Å². The van der Waals surface area contributed by atoms with Crippen LogP contribution in [-0.2, 0) is 14.4 Å². The fourth-order valence-electron chi connectivity index (χ4n) is 2.56. The smallest absolute Gasteiger partial charge is 0.261 e. The number of hydrogen-bond donors (Lipinski definition) is 2. The van der Waals surface area contributed by atoms with E-state index in [1.165, 1.54) is 0 Å². The second-order valence-electron chi connectivity index (χ2n) is 6.14. The fourth-order valence-corrected chi connectivity index (χ4v) is 2.73. The third-order valence-electron chi connectivity index (χ3n) is 3.98. The summed E-state index contributed by atoms with van der Waals surface area (Å²) in [6.45, 7) is 5.38. The summed E-state index contributed by atoms with van der Waals surface area (Å²) in [4.78, 5) is 37.9. The third-order valence-corrected chi connectivity index (χ3v) is 4.31. The lowest BCUT2D eigenvalue weighted by molar-refractivity contribution is -0.122. The van der Waals surface area contributed by atoms with Crippen molar-refractivity contribution in [3.8, 4) is 12.3 Å². The SMILES string of the molecule is C#CCNC(=O)C(C)Nc1cc(N2C(=O)CC(=C(C)C)C2=O)ccc1Cl. The molecule has 1 unspecified atom stereocenters. The Morgan fingerprint density at radius 2 is 2.08 bits per heavy atom. The molecule has 1 atom stereocenters. The Hall–Kier alpha value is -2.78. The van der Waals surface area contributed by atoms with E-state index in [9.17, 15) is 14.4 Å². The van der Waals surface area contributed by atoms with E-state index < -0.39 is 6.04 Å². The third kappa shape index (κ3) is 4.06. The maximum atomic E-state index is 12.5. The van der Waals surface area contributed by atoms with Crippen molar-refractivity contribution < 1.29 is 14.4 Å². The van der Waals surface area contributed by atoms with E-state index in [4.69, 9.17) is 18.0 Å². The molecule has 2 N–H and O–H groups in total. The molecule has 1 aromatic rings. The van der Waals surface area contributed by atoms with Gasteiger partial charge in [0.15, 0.2) is 0 Å². The van der Waals surface area contributed by atoms with Gasteiger partial charge in [0, 0.05) is 5.57 Å². The monoisotopic (exact) mass is 373 g/mol. The quantitative estimate of drug-likeness (QED) is 0.472. The molecule has 1 fully saturated rings. The summed E-state index contributed by atoms with van der Waals surface area (Å²) in [5.41, 5.74) is 2.16. The number of amides is 3. The number of benzene rings is 1. The normalized spacial score (nSPS) is 14.9. The number of terminal acetylenes is 1. The summed E-state index contributed by atoms with van der Waals surface area (Å²) in [5.74, 6) is 1.42. The molecule has 7 heteroatoms. The van der Waals surface area contributed by atoms with Gasteiger partial charge >= 0.3 is 0 Å². The van der Waals surface area contributed by atoms with Gasteiger partial charge in [-0.1, -0.05) is 23.1 Å². The number of allylic oxidation sites excluding steroid dienone is 1. The number of halogens is 1. The molecule has 0 aliphatic carbocycles. The molecule has 0 spiro atoms. The number of carbonyl (C=O) groups is 3. The molecule has 1 aliphatic heterocycles. The van der Waals surface area contributed by atoms with Gasteiger partial charge in [0.2, 0.25) is 11.8 Å². The fraction of sp³-hybridized carbons (Fsp3) is 0.316. The Morgan fingerprint density at radius 1 is 1.38 bits per heavy atom. The van der Waals surface area contributed by atoms with Crippen LogP contribution in [0.25, 0.3) is 0 Å². The summed E-state index contributed by atoms with van der Waals surface area (Å²) in [5, 5.41) is 5.91. The molecule has 136 valence electrons. The first-order chi connectivity index (χ1) is 12.3. The molecule has 1 aliphatic rings. The highest BCUT2D eigenvalue weighted by Gasteiger charge is 2.35. The number of anilines is 2. The van der Waals surface area contributed by atoms with Crippen LogP contribution >= 0.6 is 11.6 Å². The Kier molecular flexibility index (Phi) is 6.06. The van der Waals surface area contributed by atoms with Gasteiger partial charge in [0.25, 0.3) is 5.91 Å². The summed E-state index contributed by atoms with van der Waals surface area (Å²) < 4.78 is 0. The van der Waals surface area contributed by atoms with Crippen molar-refractivity contribution in [3.63, 3.8) is 0 Å². The van der Waals surface area contributed by atoms with Crippen LogP contribution in [0.5, 0.6) is 0 Å². The lowest BCUT2D eigenvalue weighted by atomic mass is 10.1. The van der Waals surface area contributed by atoms with Gasteiger partial charge in [-0.3, -0.25) is 14.4 Å². The van der Waals surface area contributed by atoms with Crippen LogP contribution in [0.15, 0.2) is 29.3 Å². The van der Waals surface area contributed by atoms with E-state index in [0.29, 0.717) is 22.0 Å². The standard InChI is InChI=1S/C19H20ClN3O3/c1-5-8-21-18(25)12(4)22-16-9-13(6-7-15(16)20)23-17(24)10-14(11(2)3)19(23)26/h1,6-7,9,12,22H,8,10H2,2-4H3,(H,21,25). The Balaban J connectivity index is 2.27. The van der Waals surface area contributed by atoms with Gasteiger partial charge in [0.1, 0.15) is 6.04 Å². The molecule has 2 rings (SSSR count). The van der Waals surface area contributed by atoms with Gasteiger partial charge in [0.05, 0.1) is 29.4 Å².